The minimum atomic E-state index is -0.447. The molecule has 0 fully saturated rings. The van der Waals surface area contributed by atoms with Gasteiger partial charge in [0.1, 0.15) is 5.56 Å². The van der Waals surface area contributed by atoms with Gasteiger partial charge in [0.15, 0.2) is 5.78 Å². The first-order chi connectivity index (χ1) is 11.0. The van der Waals surface area contributed by atoms with Gasteiger partial charge in [-0.2, -0.15) is 0 Å². The second-order valence-electron chi connectivity index (χ2n) is 6.08. The summed E-state index contributed by atoms with van der Waals surface area (Å²) in [5.41, 5.74) is 0.652. The van der Waals surface area contributed by atoms with Gasteiger partial charge in [-0.3, -0.25) is 14.4 Å². The lowest BCUT2D eigenvalue weighted by Crippen LogP contribution is -2.35. The van der Waals surface area contributed by atoms with Crippen LogP contribution in [0, 0.1) is 0 Å². The van der Waals surface area contributed by atoms with E-state index in [-0.39, 0.29) is 23.3 Å². The zero-order valence-corrected chi connectivity index (χ0v) is 13.8. The summed E-state index contributed by atoms with van der Waals surface area (Å²) < 4.78 is 0. The summed E-state index contributed by atoms with van der Waals surface area (Å²) in [4.78, 5) is 40.6. The first kappa shape index (κ1) is 15.7. The number of aromatic nitrogens is 1. The number of aromatic amines is 1. The van der Waals surface area contributed by atoms with Gasteiger partial charge in [-0.05, 0) is 37.8 Å². The van der Waals surface area contributed by atoms with E-state index in [4.69, 9.17) is 0 Å². The van der Waals surface area contributed by atoms with Crippen molar-refractivity contribution in [1.82, 2.24) is 10.3 Å². The van der Waals surface area contributed by atoms with Crippen LogP contribution in [0.25, 0.3) is 0 Å². The average molecular weight is 330 g/mol. The Morgan fingerprint density at radius 2 is 2.13 bits per heavy atom. The number of carbonyl (C=O) groups excluding carboxylic acids is 2. The molecule has 2 N–H and O–H groups in total. The van der Waals surface area contributed by atoms with E-state index in [1.165, 1.54) is 6.07 Å². The number of fused-ring (bicyclic) bond motifs is 1. The SMILES string of the molecule is CC(C)NC(=O)c1cc2c([nH]c1=O)C[C@H](c1cccs1)CC2=O. The monoisotopic (exact) mass is 330 g/mol. The van der Waals surface area contributed by atoms with Crippen molar-refractivity contribution in [2.24, 2.45) is 0 Å². The number of hydrogen-bond donors (Lipinski definition) is 2. The van der Waals surface area contributed by atoms with E-state index >= 15 is 0 Å². The number of carbonyl (C=O) groups is 2. The summed E-state index contributed by atoms with van der Waals surface area (Å²) in [6, 6.07) is 5.34. The zero-order valence-electron chi connectivity index (χ0n) is 13.0. The summed E-state index contributed by atoms with van der Waals surface area (Å²) in [5, 5.41) is 4.67. The van der Waals surface area contributed by atoms with Crippen LogP contribution < -0.4 is 10.9 Å². The van der Waals surface area contributed by atoms with Crippen LogP contribution in [0.5, 0.6) is 0 Å². The second kappa shape index (κ2) is 6.12. The Labute approximate surface area is 137 Å². The summed E-state index contributed by atoms with van der Waals surface area (Å²) >= 11 is 1.62. The summed E-state index contributed by atoms with van der Waals surface area (Å²) in [6.45, 7) is 3.64. The Morgan fingerprint density at radius 1 is 1.35 bits per heavy atom. The van der Waals surface area contributed by atoms with Crippen LogP contribution in [0.2, 0.25) is 0 Å². The van der Waals surface area contributed by atoms with E-state index < -0.39 is 11.5 Å². The molecule has 2 heterocycles. The maximum Gasteiger partial charge on any atom is 0.261 e. The number of Topliss-reactive ketones (excluding diaryl/α,β-unsaturated/α-hetero) is 1. The molecule has 120 valence electrons. The highest BCUT2D eigenvalue weighted by molar-refractivity contribution is 7.10. The number of amides is 1. The third-order valence-corrected chi connectivity index (χ3v) is 4.95. The van der Waals surface area contributed by atoms with Crippen LogP contribution in [-0.4, -0.2) is 22.7 Å². The van der Waals surface area contributed by atoms with Gasteiger partial charge in [0.2, 0.25) is 0 Å². The standard InChI is InChI=1S/C17H18N2O3S/c1-9(2)18-16(21)12-8-11-13(19-17(12)22)6-10(7-14(11)20)15-4-3-5-23-15/h3-5,8-10H,6-7H2,1-2H3,(H,18,21)(H,19,22)/t10-/m0/s1. The van der Waals surface area contributed by atoms with Crippen LogP contribution in [0.15, 0.2) is 28.4 Å². The molecule has 1 aliphatic carbocycles. The van der Waals surface area contributed by atoms with Crippen molar-refractivity contribution in [3.8, 4) is 0 Å². The maximum atomic E-state index is 12.5. The molecular formula is C17H18N2O3S. The number of thiophene rings is 1. The molecule has 6 heteroatoms. The number of H-pyrrole nitrogens is 1. The van der Waals surface area contributed by atoms with Crippen molar-refractivity contribution in [3.63, 3.8) is 0 Å². The molecule has 5 nitrogen and oxygen atoms in total. The molecule has 1 amide bonds. The van der Waals surface area contributed by atoms with Crippen molar-refractivity contribution in [3.05, 3.63) is 55.6 Å². The van der Waals surface area contributed by atoms with Crippen LogP contribution >= 0.6 is 11.3 Å². The number of ketones is 1. The Hall–Kier alpha value is -2.21. The fraction of sp³-hybridized carbons (Fsp3) is 0.353. The Morgan fingerprint density at radius 3 is 2.78 bits per heavy atom. The molecule has 0 saturated heterocycles. The fourth-order valence-electron chi connectivity index (χ4n) is 2.86. The highest BCUT2D eigenvalue weighted by Crippen LogP contribution is 2.33. The topological polar surface area (TPSA) is 79.0 Å². The van der Waals surface area contributed by atoms with Crippen molar-refractivity contribution in [2.75, 3.05) is 0 Å². The van der Waals surface area contributed by atoms with Gasteiger partial charge in [-0.15, -0.1) is 11.3 Å². The van der Waals surface area contributed by atoms with Gasteiger partial charge in [0.05, 0.1) is 0 Å². The van der Waals surface area contributed by atoms with Crippen molar-refractivity contribution in [1.29, 1.82) is 0 Å². The molecule has 3 rings (SSSR count). The molecular weight excluding hydrogens is 312 g/mol. The normalized spacial score (nSPS) is 17.2. The quantitative estimate of drug-likeness (QED) is 0.907. The van der Waals surface area contributed by atoms with Crippen LogP contribution in [-0.2, 0) is 6.42 Å². The van der Waals surface area contributed by atoms with Gasteiger partial charge < -0.3 is 10.3 Å². The molecule has 0 radical (unpaired) electrons. The second-order valence-corrected chi connectivity index (χ2v) is 7.06. The minimum Gasteiger partial charge on any atom is -0.350 e. The molecule has 0 aliphatic heterocycles. The number of hydrogen-bond acceptors (Lipinski definition) is 4. The molecule has 0 spiro atoms. The molecule has 1 atom stereocenters. The van der Waals surface area contributed by atoms with E-state index in [0.29, 0.717) is 24.1 Å². The molecule has 2 aromatic heterocycles. The van der Waals surface area contributed by atoms with Gasteiger partial charge >= 0.3 is 0 Å². The lowest BCUT2D eigenvalue weighted by Gasteiger charge is -2.22. The molecule has 1 aliphatic rings. The highest BCUT2D eigenvalue weighted by Gasteiger charge is 2.29. The van der Waals surface area contributed by atoms with E-state index in [2.05, 4.69) is 10.3 Å². The zero-order chi connectivity index (χ0) is 16.6. The van der Waals surface area contributed by atoms with Crippen molar-refractivity contribution in [2.45, 2.75) is 38.6 Å². The number of nitrogens with one attached hydrogen (secondary N) is 2. The molecule has 2 aromatic rings. The molecule has 23 heavy (non-hydrogen) atoms. The highest BCUT2D eigenvalue weighted by atomic mass is 32.1. The molecule has 0 unspecified atom stereocenters. The Bertz CT molecular complexity index is 806. The number of rotatable bonds is 3. The van der Waals surface area contributed by atoms with Gasteiger partial charge in [0, 0.05) is 34.5 Å². The largest absolute Gasteiger partial charge is 0.350 e. The minimum absolute atomic E-state index is 0.000346. The third-order valence-electron chi connectivity index (χ3n) is 3.92. The van der Waals surface area contributed by atoms with Crippen LogP contribution in [0.4, 0.5) is 0 Å². The predicted octanol–water partition coefficient (Wildman–Crippen LogP) is 2.49. The first-order valence-corrected chi connectivity index (χ1v) is 8.47. The number of pyridine rings is 1. The summed E-state index contributed by atoms with van der Waals surface area (Å²) in [7, 11) is 0. The molecule has 0 aromatic carbocycles. The smallest absolute Gasteiger partial charge is 0.261 e. The summed E-state index contributed by atoms with van der Waals surface area (Å²) in [5.74, 6) is -0.377. The van der Waals surface area contributed by atoms with Gasteiger partial charge in [-0.25, -0.2) is 0 Å². The van der Waals surface area contributed by atoms with E-state index in [1.54, 1.807) is 11.3 Å². The van der Waals surface area contributed by atoms with Crippen molar-refractivity contribution < 1.29 is 9.59 Å². The Kier molecular flexibility index (Phi) is 4.17. The van der Waals surface area contributed by atoms with Crippen LogP contribution in [0.3, 0.4) is 0 Å². The lowest BCUT2D eigenvalue weighted by molar-refractivity contribution is 0.0941. The Balaban J connectivity index is 1.96. The first-order valence-electron chi connectivity index (χ1n) is 7.59. The maximum absolute atomic E-state index is 12.5. The third kappa shape index (κ3) is 3.12. The summed E-state index contributed by atoms with van der Waals surface area (Å²) in [6.07, 6.45) is 1.02. The molecule has 0 bridgehead atoms. The fourth-order valence-corrected chi connectivity index (χ4v) is 3.69. The van der Waals surface area contributed by atoms with E-state index in [1.807, 2.05) is 31.4 Å². The van der Waals surface area contributed by atoms with Crippen LogP contribution in [0.1, 0.15) is 57.5 Å². The molecule has 0 saturated carbocycles. The van der Waals surface area contributed by atoms with Gasteiger partial charge in [0.25, 0.3) is 11.5 Å². The lowest BCUT2D eigenvalue weighted by atomic mass is 9.84. The predicted molar refractivity (Wildman–Crippen MR) is 89.4 cm³/mol. The van der Waals surface area contributed by atoms with E-state index in [9.17, 15) is 14.4 Å². The van der Waals surface area contributed by atoms with Gasteiger partial charge in [-0.1, -0.05) is 6.07 Å². The van der Waals surface area contributed by atoms with E-state index in [0.717, 1.165) is 4.88 Å². The average Bonchev–Trinajstić information content (AvgIpc) is 2.99. The van der Waals surface area contributed by atoms with Crippen molar-refractivity contribution >= 4 is 23.0 Å².